The molecule has 2 aromatic carbocycles. The van der Waals surface area contributed by atoms with E-state index in [4.69, 9.17) is 0 Å². The zero-order chi connectivity index (χ0) is 18.8. The number of hydrogen-bond donors (Lipinski definition) is 2. The predicted molar refractivity (Wildman–Crippen MR) is 112 cm³/mol. The van der Waals surface area contributed by atoms with Gasteiger partial charge in [-0.05, 0) is 42.3 Å². The molecule has 2 N–H and O–H groups in total. The Balaban J connectivity index is 1.40. The van der Waals surface area contributed by atoms with Crippen LogP contribution in [-0.2, 0) is 13.1 Å². The molecule has 0 aliphatic heterocycles. The average Bonchev–Trinajstić information content (AvgIpc) is 3.23. The quantitative estimate of drug-likeness (QED) is 0.500. The number of aromatic nitrogens is 2. The van der Waals surface area contributed by atoms with E-state index in [0.717, 1.165) is 32.8 Å². The molecule has 0 radical (unpaired) electrons. The van der Waals surface area contributed by atoms with Gasteiger partial charge in [0, 0.05) is 29.3 Å². The van der Waals surface area contributed by atoms with E-state index in [0.29, 0.717) is 12.5 Å². The number of hydrogen-bond acceptors (Lipinski definition) is 3. The van der Waals surface area contributed by atoms with Gasteiger partial charge < -0.3 is 15.2 Å². The van der Waals surface area contributed by atoms with Crippen LogP contribution in [0.2, 0.25) is 0 Å². The van der Waals surface area contributed by atoms with Crippen molar-refractivity contribution in [3.8, 4) is 0 Å². The van der Waals surface area contributed by atoms with Gasteiger partial charge in [-0.25, -0.2) is 9.78 Å². The summed E-state index contributed by atoms with van der Waals surface area (Å²) in [4.78, 5) is 16.8. The Morgan fingerprint density at radius 1 is 1.19 bits per heavy atom. The van der Waals surface area contributed by atoms with E-state index in [-0.39, 0.29) is 6.03 Å². The van der Waals surface area contributed by atoms with Gasteiger partial charge in [-0.15, -0.1) is 11.3 Å². The second kappa shape index (κ2) is 7.40. The Labute approximate surface area is 162 Å². The minimum Gasteiger partial charge on any atom is -0.347 e. The fourth-order valence-electron chi connectivity index (χ4n) is 3.16. The topological polar surface area (TPSA) is 59.0 Å². The highest BCUT2D eigenvalue weighted by molar-refractivity contribution is 7.18. The van der Waals surface area contributed by atoms with Crippen LogP contribution in [0.25, 0.3) is 21.1 Å². The Morgan fingerprint density at radius 2 is 2.04 bits per heavy atom. The highest BCUT2D eigenvalue weighted by Crippen LogP contribution is 2.22. The molecule has 4 aromatic rings. The average molecular weight is 379 g/mol. The van der Waals surface area contributed by atoms with E-state index in [1.54, 1.807) is 11.3 Å². The molecule has 2 amide bonds. The maximum atomic E-state index is 12.2. The van der Waals surface area contributed by atoms with Crippen molar-refractivity contribution in [2.75, 3.05) is 5.32 Å². The Morgan fingerprint density at radius 3 is 2.85 bits per heavy atom. The summed E-state index contributed by atoms with van der Waals surface area (Å²) in [6.07, 6.45) is 2.10. The Kier molecular flexibility index (Phi) is 4.81. The first-order valence-electron chi connectivity index (χ1n) is 9.07. The second-order valence-corrected chi connectivity index (χ2v) is 8.13. The molecule has 0 saturated carbocycles. The lowest BCUT2D eigenvalue weighted by Gasteiger charge is -2.09. The molecule has 0 atom stereocenters. The summed E-state index contributed by atoms with van der Waals surface area (Å²) in [5.41, 5.74) is 2.94. The predicted octanol–water partition coefficient (Wildman–Crippen LogP) is 5.23. The van der Waals surface area contributed by atoms with E-state index >= 15 is 0 Å². The van der Waals surface area contributed by atoms with Crippen LogP contribution in [0, 0.1) is 5.92 Å². The van der Waals surface area contributed by atoms with Crippen molar-refractivity contribution in [1.29, 1.82) is 0 Å². The van der Waals surface area contributed by atoms with E-state index in [1.165, 1.54) is 5.52 Å². The number of urea groups is 1. The molecule has 5 nitrogen and oxygen atoms in total. The summed E-state index contributed by atoms with van der Waals surface area (Å²) >= 11 is 1.60. The van der Waals surface area contributed by atoms with E-state index in [9.17, 15) is 4.79 Å². The number of nitrogens with one attached hydrogen (secondary N) is 2. The molecule has 27 heavy (non-hydrogen) atoms. The third-order valence-electron chi connectivity index (χ3n) is 4.33. The molecule has 0 bridgehead atoms. The number of amides is 2. The zero-order valence-electron chi connectivity index (χ0n) is 15.4. The molecule has 0 spiro atoms. The van der Waals surface area contributed by atoms with Crippen LogP contribution in [0.5, 0.6) is 0 Å². The van der Waals surface area contributed by atoms with Gasteiger partial charge in [0.1, 0.15) is 5.01 Å². The number of thiazole rings is 1. The molecular weight excluding hydrogens is 356 g/mol. The first kappa shape index (κ1) is 17.5. The molecule has 0 aliphatic carbocycles. The van der Waals surface area contributed by atoms with Gasteiger partial charge in [-0.2, -0.15) is 0 Å². The van der Waals surface area contributed by atoms with E-state index in [1.807, 2.05) is 36.4 Å². The molecule has 138 valence electrons. The lowest BCUT2D eigenvalue weighted by Crippen LogP contribution is -2.28. The Bertz CT molecular complexity index is 1060. The summed E-state index contributed by atoms with van der Waals surface area (Å²) < 4.78 is 3.38. The molecule has 2 heterocycles. The number of benzene rings is 2. The number of rotatable bonds is 5. The summed E-state index contributed by atoms with van der Waals surface area (Å²) in [5, 5.41) is 7.81. The number of carbonyl (C=O) groups is 1. The van der Waals surface area contributed by atoms with Crippen molar-refractivity contribution in [2.24, 2.45) is 5.92 Å². The molecule has 0 saturated heterocycles. The Hall–Kier alpha value is -2.86. The van der Waals surface area contributed by atoms with Gasteiger partial charge in [0.15, 0.2) is 0 Å². The summed E-state index contributed by atoms with van der Waals surface area (Å²) in [6.45, 7) is 5.81. The standard InChI is InChI=1S/C21H22N4OS/c1-14(2)13-25-10-9-15-11-16(7-8-18(15)25)23-21(26)22-12-20-24-17-5-3-4-6-19(17)27-20/h3-11,14H,12-13H2,1-2H3,(H2,22,23,26). The van der Waals surface area contributed by atoms with Crippen molar-refractivity contribution < 1.29 is 4.79 Å². The van der Waals surface area contributed by atoms with Gasteiger partial charge in [-0.3, -0.25) is 0 Å². The van der Waals surface area contributed by atoms with Crippen molar-refractivity contribution in [3.05, 3.63) is 59.7 Å². The first-order chi connectivity index (χ1) is 13.1. The zero-order valence-corrected chi connectivity index (χ0v) is 16.2. The highest BCUT2D eigenvalue weighted by Gasteiger charge is 2.08. The molecular formula is C21H22N4OS. The van der Waals surface area contributed by atoms with Crippen molar-refractivity contribution in [2.45, 2.75) is 26.9 Å². The molecule has 0 aliphatic rings. The number of anilines is 1. The normalized spacial score (nSPS) is 11.4. The fourth-order valence-corrected chi connectivity index (χ4v) is 4.06. The van der Waals surface area contributed by atoms with Crippen molar-refractivity contribution in [1.82, 2.24) is 14.9 Å². The summed E-state index contributed by atoms with van der Waals surface area (Å²) in [7, 11) is 0. The van der Waals surface area contributed by atoms with Gasteiger partial charge in [-0.1, -0.05) is 26.0 Å². The first-order valence-corrected chi connectivity index (χ1v) is 9.88. The third-order valence-corrected chi connectivity index (χ3v) is 5.37. The van der Waals surface area contributed by atoms with Gasteiger partial charge in [0.25, 0.3) is 0 Å². The van der Waals surface area contributed by atoms with Crippen LogP contribution in [0.1, 0.15) is 18.9 Å². The number of carbonyl (C=O) groups excluding carboxylic acids is 1. The maximum absolute atomic E-state index is 12.2. The van der Waals surface area contributed by atoms with Gasteiger partial charge in [0.2, 0.25) is 0 Å². The fraction of sp³-hybridized carbons (Fsp3) is 0.238. The summed E-state index contributed by atoms with van der Waals surface area (Å²) in [5.74, 6) is 0.590. The summed E-state index contributed by atoms with van der Waals surface area (Å²) in [6, 6.07) is 15.8. The van der Waals surface area contributed by atoms with Crippen molar-refractivity contribution >= 4 is 44.2 Å². The smallest absolute Gasteiger partial charge is 0.319 e. The van der Waals surface area contributed by atoms with Crippen LogP contribution >= 0.6 is 11.3 Å². The molecule has 0 fully saturated rings. The second-order valence-electron chi connectivity index (χ2n) is 7.02. The largest absolute Gasteiger partial charge is 0.347 e. The van der Waals surface area contributed by atoms with Crippen LogP contribution in [0.4, 0.5) is 10.5 Å². The van der Waals surface area contributed by atoms with Gasteiger partial charge in [0.05, 0.1) is 16.8 Å². The number of fused-ring (bicyclic) bond motifs is 2. The molecule has 4 rings (SSSR count). The van der Waals surface area contributed by atoms with Crippen LogP contribution < -0.4 is 10.6 Å². The van der Waals surface area contributed by atoms with E-state index < -0.39 is 0 Å². The highest BCUT2D eigenvalue weighted by atomic mass is 32.1. The monoisotopic (exact) mass is 378 g/mol. The number of nitrogens with zero attached hydrogens (tertiary/aromatic N) is 2. The SMILES string of the molecule is CC(C)Cn1ccc2cc(NC(=O)NCc3nc4ccccc4s3)ccc21. The molecule has 2 aromatic heterocycles. The van der Waals surface area contributed by atoms with E-state index in [2.05, 4.69) is 52.4 Å². The third kappa shape index (κ3) is 3.95. The van der Waals surface area contributed by atoms with Crippen LogP contribution in [-0.4, -0.2) is 15.6 Å². The minimum atomic E-state index is -0.227. The van der Waals surface area contributed by atoms with Crippen LogP contribution in [0.3, 0.4) is 0 Å². The van der Waals surface area contributed by atoms with Crippen molar-refractivity contribution in [3.63, 3.8) is 0 Å². The molecule has 6 heteroatoms. The van der Waals surface area contributed by atoms with Crippen LogP contribution in [0.15, 0.2) is 54.7 Å². The van der Waals surface area contributed by atoms with Gasteiger partial charge >= 0.3 is 6.03 Å². The maximum Gasteiger partial charge on any atom is 0.319 e. The lowest BCUT2D eigenvalue weighted by atomic mass is 10.2. The lowest BCUT2D eigenvalue weighted by molar-refractivity contribution is 0.251. The molecule has 0 unspecified atom stereocenters. The number of para-hydroxylation sites is 1. The minimum absolute atomic E-state index is 0.227.